The zero-order chi connectivity index (χ0) is 11.4. The van der Waals surface area contributed by atoms with Gasteiger partial charge in [0.2, 0.25) is 0 Å². The Morgan fingerprint density at radius 1 is 1.19 bits per heavy atom. The van der Waals surface area contributed by atoms with E-state index in [-0.39, 0.29) is 11.8 Å². The van der Waals surface area contributed by atoms with Crippen molar-refractivity contribution in [1.82, 2.24) is 0 Å². The molecule has 1 aromatic rings. The van der Waals surface area contributed by atoms with Crippen LogP contribution in [0.1, 0.15) is 18.4 Å². The van der Waals surface area contributed by atoms with Crippen molar-refractivity contribution >= 4 is 5.97 Å². The maximum Gasteiger partial charge on any atom is 0.307 e. The van der Waals surface area contributed by atoms with E-state index in [1.165, 1.54) is 5.56 Å². The lowest BCUT2D eigenvalue weighted by molar-refractivity contribution is -0.143. The highest BCUT2D eigenvalue weighted by Crippen LogP contribution is 2.28. The van der Waals surface area contributed by atoms with Crippen molar-refractivity contribution in [3.05, 3.63) is 48.0 Å². The fraction of sp³-hybridized carbons (Fsp3) is 0.357. The Hall–Kier alpha value is -1.57. The Balaban J connectivity index is 2.08. The number of hydrogen-bond donors (Lipinski definition) is 1. The molecule has 0 spiro atoms. The third-order valence-electron chi connectivity index (χ3n) is 3.22. The van der Waals surface area contributed by atoms with Crippen molar-refractivity contribution < 1.29 is 9.90 Å². The second kappa shape index (κ2) is 4.97. The maximum absolute atomic E-state index is 11.1. The first kappa shape index (κ1) is 10.9. The molecule has 1 aromatic carbocycles. The number of rotatable bonds is 3. The van der Waals surface area contributed by atoms with Gasteiger partial charge in [0.25, 0.3) is 0 Å². The molecule has 84 valence electrons. The molecule has 2 nitrogen and oxygen atoms in total. The minimum Gasteiger partial charge on any atom is -0.481 e. The van der Waals surface area contributed by atoms with Crippen molar-refractivity contribution in [2.45, 2.75) is 19.3 Å². The van der Waals surface area contributed by atoms with Crippen LogP contribution in [0.15, 0.2) is 42.5 Å². The average Bonchev–Trinajstić information content (AvgIpc) is 2.31. The fourth-order valence-corrected chi connectivity index (χ4v) is 2.32. The van der Waals surface area contributed by atoms with Crippen LogP contribution in [-0.4, -0.2) is 11.1 Å². The van der Waals surface area contributed by atoms with Gasteiger partial charge in [-0.2, -0.15) is 0 Å². The van der Waals surface area contributed by atoms with Crippen LogP contribution in [0.2, 0.25) is 0 Å². The van der Waals surface area contributed by atoms with E-state index < -0.39 is 5.97 Å². The smallest absolute Gasteiger partial charge is 0.307 e. The van der Waals surface area contributed by atoms with Crippen LogP contribution in [0.25, 0.3) is 0 Å². The molecule has 2 atom stereocenters. The number of carbonyl (C=O) groups is 1. The average molecular weight is 216 g/mol. The summed E-state index contributed by atoms with van der Waals surface area (Å²) in [7, 11) is 0. The first-order valence-corrected chi connectivity index (χ1v) is 5.69. The number of aliphatic carboxylic acids is 1. The predicted octanol–water partition coefficient (Wildman–Crippen LogP) is 2.90. The van der Waals surface area contributed by atoms with Crippen molar-refractivity contribution in [2.75, 3.05) is 0 Å². The Morgan fingerprint density at radius 3 is 2.56 bits per heavy atom. The lowest BCUT2D eigenvalue weighted by Crippen LogP contribution is -2.26. The molecular weight excluding hydrogens is 200 g/mol. The summed E-state index contributed by atoms with van der Waals surface area (Å²) in [6, 6.07) is 10.1. The Labute approximate surface area is 95.6 Å². The Bertz CT molecular complexity index is 381. The summed E-state index contributed by atoms with van der Waals surface area (Å²) in [5, 5.41) is 9.15. The molecule has 0 saturated carbocycles. The van der Waals surface area contributed by atoms with Gasteiger partial charge in [-0.1, -0.05) is 42.5 Å². The molecule has 0 heterocycles. The summed E-state index contributed by atoms with van der Waals surface area (Å²) in [6.07, 6.45) is 6.51. The lowest BCUT2D eigenvalue weighted by atomic mass is 9.79. The van der Waals surface area contributed by atoms with E-state index in [0.29, 0.717) is 6.42 Å². The van der Waals surface area contributed by atoms with Gasteiger partial charge in [-0.25, -0.2) is 0 Å². The molecule has 16 heavy (non-hydrogen) atoms. The topological polar surface area (TPSA) is 37.3 Å². The zero-order valence-electron chi connectivity index (χ0n) is 9.17. The maximum atomic E-state index is 11.1. The molecule has 1 aliphatic rings. The molecule has 0 amide bonds. The van der Waals surface area contributed by atoms with Crippen LogP contribution < -0.4 is 0 Å². The van der Waals surface area contributed by atoms with Gasteiger partial charge in [-0.3, -0.25) is 4.79 Å². The summed E-state index contributed by atoms with van der Waals surface area (Å²) >= 11 is 0. The van der Waals surface area contributed by atoms with Gasteiger partial charge >= 0.3 is 5.97 Å². The van der Waals surface area contributed by atoms with Crippen LogP contribution in [0, 0.1) is 11.8 Å². The second-order valence-electron chi connectivity index (χ2n) is 4.34. The molecule has 0 radical (unpaired) electrons. The third-order valence-corrected chi connectivity index (χ3v) is 3.22. The van der Waals surface area contributed by atoms with Gasteiger partial charge in [-0.05, 0) is 30.7 Å². The van der Waals surface area contributed by atoms with Crippen LogP contribution in [0.5, 0.6) is 0 Å². The van der Waals surface area contributed by atoms with E-state index in [1.807, 2.05) is 24.3 Å². The molecule has 2 heteroatoms. The predicted molar refractivity (Wildman–Crippen MR) is 63.1 cm³/mol. The third kappa shape index (κ3) is 2.51. The quantitative estimate of drug-likeness (QED) is 0.789. The molecule has 0 fully saturated rings. The van der Waals surface area contributed by atoms with Crippen molar-refractivity contribution in [3.63, 3.8) is 0 Å². The monoisotopic (exact) mass is 216 g/mol. The Morgan fingerprint density at radius 2 is 1.88 bits per heavy atom. The summed E-state index contributed by atoms with van der Waals surface area (Å²) in [4.78, 5) is 11.1. The standard InChI is InChI=1S/C14H16O2/c15-14(16)13-9-5-4-8-12(13)10-11-6-2-1-3-7-11/h1-7,12-13H,8-10H2,(H,15,16)/t12-,13+/m0/s1. The molecule has 0 saturated heterocycles. The minimum atomic E-state index is -0.662. The number of hydrogen-bond acceptors (Lipinski definition) is 1. The van der Waals surface area contributed by atoms with E-state index >= 15 is 0 Å². The van der Waals surface area contributed by atoms with Crippen LogP contribution in [0.4, 0.5) is 0 Å². The Kier molecular flexibility index (Phi) is 3.40. The molecule has 0 bridgehead atoms. The lowest BCUT2D eigenvalue weighted by Gasteiger charge is -2.25. The van der Waals surface area contributed by atoms with Crippen LogP contribution >= 0.6 is 0 Å². The van der Waals surface area contributed by atoms with Gasteiger partial charge in [0.1, 0.15) is 0 Å². The highest BCUT2D eigenvalue weighted by molar-refractivity contribution is 5.71. The molecule has 1 aliphatic carbocycles. The zero-order valence-corrected chi connectivity index (χ0v) is 9.17. The first-order valence-electron chi connectivity index (χ1n) is 5.69. The molecule has 2 rings (SSSR count). The van der Waals surface area contributed by atoms with E-state index in [1.54, 1.807) is 0 Å². The molecule has 1 N–H and O–H groups in total. The van der Waals surface area contributed by atoms with Gasteiger partial charge in [-0.15, -0.1) is 0 Å². The molecular formula is C14H16O2. The number of carboxylic acid groups (broad SMARTS) is 1. The highest BCUT2D eigenvalue weighted by Gasteiger charge is 2.28. The van der Waals surface area contributed by atoms with Gasteiger partial charge in [0, 0.05) is 0 Å². The minimum absolute atomic E-state index is 0.217. The molecule has 0 aromatic heterocycles. The summed E-state index contributed by atoms with van der Waals surface area (Å²) in [6.45, 7) is 0. The van der Waals surface area contributed by atoms with Gasteiger partial charge in [0.15, 0.2) is 0 Å². The second-order valence-corrected chi connectivity index (χ2v) is 4.34. The van der Waals surface area contributed by atoms with E-state index in [9.17, 15) is 4.79 Å². The largest absolute Gasteiger partial charge is 0.481 e. The molecule has 0 aliphatic heterocycles. The van der Waals surface area contributed by atoms with Crippen LogP contribution in [0.3, 0.4) is 0 Å². The SMILES string of the molecule is O=C(O)[C@@H]1CC=CC[C@H]1Cc1ccccc1. The summed E-state index contributed by atoms with van der Waals surface area (Å²) < 4.78 is 0. The van der Waals surface area contributed by atoms with E-state index in [4.69, 9.17) is 5.11 Å². The van der Waals surface area contributed by atoms with Gasteiger partial charge in [0.05, 0.1) is 5.92 Å². The number of benzene rings is 1. The highest BCUT2D eigenvalue weighted by atomic mass is 16.4. The number of allylic oxidation sites excluding steroid dienone is 2. The van der Waals surface area contributed by atoms with Crippen molar-refractivity contribution in [1.29, 1.82) is 0 Å². The summed E-state index contributed by atoms with van der Waals surface area (Å²) in [5.41, 5.74) is 1.23. The van der Waals surface area contributed by atoms with Crippen molar-refractivity contribution in [2.24, 2.45) is 11.8 Å². The van der Waals surface area contributed by atoms with E-state index in [0.717, 1.165) is 12.8 Å². The van der Waals surface area contributed by atoms with E-state index in [2.05, 4.69) is 18.2 Å². The normalized spacial score (nSPS) is 24.2. The molecule has 0 unspecified atom stereocenters. The van der Waals surface area contributed by atoms with Crippen molar-refractivity contribution in [3.8, 4) is 0 Å². The fourth-order valence-electron chi connectivity index (χ4n) is 2.32. The van der Waals surface area contributed by atoms with Gasteiger partial charge < -0.3 is 5.11 Å². The summed E-state index contributed by atoms with van der Waals surface area (Å²) in [5.74, 6) is -0.639. The number of carboxylic acids is 1. The van der Waals surface area contributed by atoms with Crippen LogP contribution in [-0.2, 0) is 11.2 Å². The first-order chi connectivity index (χ1) is 7.77.